The lowest BCUT2D eigenvalue weighted by Gasteiger charge is -2.36. The molecule has 1 nitrogen and oxygen atoms in total. The molecule has 2 rings (SSSR count). The molecular weight excluding hydrogens is 268 g/mol. The van der Waals surface area contributed by atoms with E-state index < -0.39 is 11.6 Å². The average molecular weight is 295 g/mol. The van der Waals surface area contributed by atoms with Gasteiger partial charge >= 0.3 is 0 Å². The van der Waals surface area contributed by atoms with E-state index in [1.54, 1.807) is 0 Å². The third-order valence-corrected chi connectivity index (χ3v) is 4.83. The molecule has 3 unspecified atom stereocenters. The van der Waals surface area contributed by atoms with E-state index in [4.69, 9.17) is 0 Å². The molecule has 1 aromatic carbocycles. The summed E-state index contributed by atoms with van der Waals surface area (Å²) in [6, 6.07) is 3.93. The van der Waals surface area contributed by atoms with Crippen LogP contribution in [0.2, 0.25) is 0 Å². The molecule has 1 saturated carbocycles. The molecule has 0 aliphatic heterocycles. The lowest BCUT2D eigenvalue weighted by Crippen LogP contribution is -2.33. The number of hydrogen-bond donors (Lipinski definition) is 1. The minimum absolute atomic E-state index is 0.462. The van der Waals surface area contributed by atoms with Gasteiger partial charge < -0.3 is 5.32 Å². The van der Waals surface area contributed by atoms with E-state index >= 15 is 0 Å². The second-order valence-corrected chi connectivity index (χ2v) is 6.53. The van der Waals surface area contributed by atoms with Gasteiger partial charge in [-0.1, -0.05) is 26.2 Å². The molecule has 118 valence electrons. The fraction of sp³-hybridized carbons (Fsp3) is 0.667. The topological polar surface area (TPSA) is 12.0 Å². The average Bonchev–Trinajstić information content (AvgIpc) is 2.41. The van der Waals surface area contributed by atoms with Crippen molar-refractivity contribution in [2.75, 3.05) is 13.6 Å². The Morgan fingerprint density at radius 3 is 2.43 bits per heavy atom. The normalized spacial score (nSPS) is 26.0. The molecule has 0 bridgehead atoms. The van der Waals surface area contributed by atoms with Crippen LogP contribution in [-0.2, 0) is 6.42 Å². The van der Waals surface area contributed by atoms with E-state index in [1.165, 1.54) is 44.2 Å². The molecule has 0 aromatic heterocycles. The second kappa shape index (κ2) is 7.88. The van der Waals surface area contributed by atoms with Crippen LogP contribution in [0.15, 0.2) is 18.2 Å². The van der Waals surface area contributed by atoms with Gasteiger partial charge in [0.1, 0.15) is 11.6 Å². The molecule has 1 aromatic rings. The zero-order chi connectivity index (χ0) is 15.2. The van der Waals surface area contributed by atoms with Gasteiger partial charge in [0.15, 0.2) is 0 Å². The van der Waals surface area contributed by atoms with Crippen LogP contribution in [0.3, 0.4) is 0 Å². The molecule has 3 heteroatoms. The van der Waals surface area contributed by atoms with Crippen LogP contribution in [0.1, 0.15) is 44.6 Å². The first-order valence-corrected chi connectivity index (χ1v) is 8.22. The third kappa shape index (κ3) is 4.77. The van der Waals surface area contributed by atoms with E-state index in [0.717, 1.165) is 30.5 Å². The first-order chi connectivity index (χ1) is 10.1. The lowest BCUT2D eigenvalue weighted by atomic mass is 9.70. The maximum atomic E-state index is 13.4. The van der Waals surface area contributed by atoms with Gasteiger partial charge in [-0.3, -0.25) is 0 Å². The minimum Gasteiger partial charge on any atom is -0.319 e. The number of halogens is 2. The van der Waals surface area contributed by atoms with Crippen LogP contribution in [0.5, 0.6) is 0 Å². The fourth-order valence-electron chi connectivity index (χ4n) is 3.91. The number of rotatable bonds is 6. The summed E-state index contributed by atoms with van der Waals surface area (Å²) in [5, 5.41) is 3.27. The summed E-state index contributed by atoms with van der Waals surface area (Å²) < 4.78 is 26.7. The van der Waals surface area contributed by atoms with Crippen LogP contribution in [0, 0.1) is 29.4 Å². The summed E-state index contributed by atoms with van der Waals surface area (Å²) in [6.07, 6.45) is 7.02. The van der Waals surface area contributed by atoms with E-state index in [9.17, 15) is 8.78 Å². The maximum absolute atomic E-state index is 13.4. The van der Waals surface area contributed by atoms with Crippen molar-refractivity contribution in [1.29, 1.82) is 0 Å². The number of benzene rings is 1. The Labute approximate surface area is 127 Å². The monoisotopic (exact) mass is 295 g/mol. The van der Waals surface area contributed by atoms with Gasteiger partial charge in [0, 0.05) is 6.07 Å². The van der Waals surface area contributed by atoms with Gasteiger partial charge in [-0.2, -0.15) is 0 Å². The van der Waals surface area contributed by atoms with E-state index in [0.29, 0.717) is 11.8 Å². The molecule has 0 radical (unpaired) electrons. The summed E-state index contributed by atoms with van der Waals surface area (Å²) in [7, 11) is 1.98. The molecule has 1 N–H and O–H groups in total. The first-order valence-electron chi connectivity index (χ1n) is 8.22. The second-order valence-electron chi connectivity index (χ2n) is 6.53. The third-order valence-electron chi connectivity index (χ3n) is 4.83. The maximum Gasteiger partial charge on any atom is 0.126 e. The minimum atomic E-state index is -0.462. The predicted octanol–water partition coefficient (Wildman–Crippen LogP) is 4.56. The predicted molar refractivity (Wildman–Crippen MR) is 83.2 cm³/mol. The fourth-order valence-corrected chi connectivity index (χ4v) is 3.91. The molecular formula is C18H27F2N. The molecule has 21 heavy (non-hydrogen) atoms. The highest BCUT2D eigenvalue weighted by atomic mass is 19.1. The quantitative estimate of drug-likeness (QED) is 0.811. The highest BCUT2D eigenvalue weighted by Gasteiger charge is 2.29. The Bertz CT molecular complexity index is 427. The van der Waals surface area contributed by atoms with Crippen molar-refractivity contribution in [2.24, 2.45) is 17.8 Å². The number of nitrogens with one attached hydrogen (secondary N) is 1. The van der Waals surface area contributed by atoms with Gasteiger partial charge in [-0.05, 0) is 68.3 Å². The molecule has 0 spiro atoms. The molecule has 0 amide bonds. The van der Waals surface area contributed by atoms with Crippen LogP contribution < -0.4 is 5.32 Å². The van der Waals surface area contributed by atoms with Crippen molar-refractivity contribution >= 4 is 0 Å². The Morgan fingerprint density at radius 2 is 1.81 bits per heavy atom. The molecule has 1 aliphatic rings. The molecule has 0 saturated heterocycles. The number of hydrogen-bond acceptors (Lipinski definition) is 1. The van der Waals surface area contributed by atoms with Gasteiger partial charge in [0.05, 0.1) is 0 Å². The summed E-state index contributed by atoms with van der Waals surface area (Å²) in [5.41, 5.74) is 0.802. The van der Waals surface area contributed by atoms with Gasteiger partial charge in [0.2, 0.25) is 0 Å². The SMILES string of the molecule is CCCC1CCC(CNC)C(Cc2cc(F)cc(F)c2)C1. The van der Waals surface area contributed by atoms with Crippen molar-refractivity contribution in [3.63, 3.8) is 0 Å². The Kier molecular flexibility index (Phi) is 6.16. The standard InChI is InChI=1S/C18H27F2N/c1-3-4-13-5-6-15(12-21-2)16(7-13)8-14-9-17(19)11-18(20)10-14/h9-11,13,15-16,21H,3-8,12H2,1-2H3. The molecule has 1 fully saturated rings. The highest BCUT2D eigenvalue weighted by Crippen LogP contribution is 2.37. The van der Waals surface area contributed by atoms with Gasteiger partial charge in [0.25, 0.3) is 0 Å². The summed E-state index contributed by atoms with van der Waals surface area (Å²) in [4.78, 5) is 0. The Hall–Kier alpha value is -0.960. The zero-order valence-corrected chi connectivity index (χ0v) is 13.2. The van der Waals surface area contributed by atoms with E-state index in [1.807, 2.05) is 7.05 Å². The van der Waals surface area contributed by atoms with Crippen LogP contribution in [0.4, 0.5) is 8.78 Å². The Morgan fingerprint density at radius 1 is 1.10 bits per heavy atom. The van der Waals surface area contributed by atoms with Crippen LogP contribution in [0.25, 0.3) is 0 Å². The van der Waals surface area contributed by atoms with E-state index in [-0.39, 0.29) is 0 Å². The highest BCUT2D eigenvalue weighted by molar-refractivity contribution is 5.18. The first kappa shape index (κ1) is 16.4. The molecule has 3 atom stereocenters. The van der Waals surface area contributed by atoms with Crippen molar-refractivity contribution in [2.45, 2.75) is 45.4 Å². The van der Waals surface area contributed by atoms with Crippen LogP contribution in [-0.4, -0.2) is 13.6 Å². The van der Waals surface area contributed by atoms with Crippen molar-refractivity contribution in [3.05, 3.63) is 35.4 Å². The van der Waals surface area contributed by atoms with Crippen molar-refractivity contribution in [3.8, 4) is 0 Å². The van der Waals surface area contributed by atoms with Crippen molar-refractivity contribution < 1.29 is 8.78 Å². The van der Waals surface area contributed by atoms with E-state index in [2.05, 4.69) is 12.2 Å². The summed E-state index contributed by atoms with van der Waals surface area (Å²) in [5.74, 6) is 1.01. The molecule has 1 aliphatic carbocycles. The molecule has 0 heterocycles. The zero-order valence-electron chi connectivity index (χ0n) is 13.2. The van der Waals surface area contributed by atoms with Gasteiger partial charge in [-0.25, -0.2) is 8.78 Å². The van der Waals surface area contributed by atoms with Crippen molar-refractivity contribution in [1.82, 2.24) is 5.32 Å². The van der Waals surface area contributed by atoms with Gasteiger partial charge in [-0.15, -0.1) is 0 Å². The smallest absolute Gasteiger partial charge is 0.126 e. The van der Waals surface area contributed by atoms with Crippen LogP contribution >= 0.6 is 0 Å². The lowest BCUT2D eigenvalue weighted by molar-refractivity contribution is 0.169. The summed E-state index contributed by atoms with van der Waals surface area (Å²) >= 11 is 0. The largest absolute Gasteiger partial charge is 0.319 e. The summed E-state index contributed by atoms with van der Waals surface area (Å²) in [6.45, 7) is 3.23. The Balaban J connectivity index is 2.07.